The highest BCUT2D eigenvalue weighted by atomic mass is 16.5. The molecule has 4 aliphatic rings. The molecule has 0 saturated heterocycles. The number of allylic oxidation sites excluding steroid dienone is 1. The maximum absolute atomic E-state index is 12.8. The highest BCUT2D eigenvalue weighted by molar-refractivity contribution is 5.85. The summed E-state index contributed by atoms with van der Waals surface area (Å²) in [5, 5.41) is 10.1. The number of carbonyl (C=O) groups excluding carboxylic acids is 2. The minimum absolute atomic E-state index is 0.0363. The van der Waals surface area contributed by atoms with Gasteiger partial charge in [-0.3, -0.25) is 9.59 Å². The summed E-state index contributed by atoms with van der Waals surface area (Å²) in [5.74, 6) is 1.71. The van der Waals surface area contributed by atoms with Crippen LogP contribution < -0.4 is 0 Å². The van der Waals surface area contributed by atoms with Crippen LogP contribution in [0.3, 0.4) is 0 Å². The zero-order chi connectivity index (χ0) is 19.4. The third-order valence-corrected chi connectivity index (χ3v) is 8.88. The van der Waals surface area contributed by atoms with Crippen LogP contribution in [-0.4, -0.2) is 29.6 Å². The van der Waals surface area contributed by atoms with E-state index in [9.17, 15) is 14.7 Å². The first kappa shape index (κ1) is 19.2. The Hall–Kier alpha value is -1.16. The number of aliphatic hydroxyl groups is 1. The minimum Gasteiger partial charge on any atom is -0.458 e. The number of hydrogen-bond acceptors (Lipinski definition) is 4. The van der Waals surface area contributed by atoms with Crippen LogP contribution in [0.2, 0.25) is 0 Å². The van der Waals surface area contributed by atoms with Crippen molar-refractivity contribution in [3.8, 4) is 0 Å². The van der Waals surface area contributed by atoms with E-state index in [0.29, 0.717) is 17.8 Å². The molecule has 0 amide bonds. The molecule has 4 rings (SSSR count). The van der Waals surface area contributed by atoms with Crippen LogP contribution in [-0.2, 0) is 14.3 Å². The Bertz CT molecular complexity index is 667. The van der Waals surface area contributed by atoms with Gasteiger partial charge in [-0.1, -0.05) is 25.5 Å². The molecule has 0 spiro atoms. The molecule has 0 bridgehead atoms. The average molecular weight is 375 g/mol. The molecular weight excluding hydrogens is 340 g/mol. The fourth-order valence-corrected chi connectivity index (χ4v) is 7.44. The van der Waals surface area contributed by atoms with Gasteiger partial charge in [-0.2, -0.15) is 0 Å². The van der Waals surface area contributed by atoms with Crippen molar-refractivity contribution in [2.45, 2.75) is 78.2 Å². The second kappa shape index (κ2) is 6.72. The molecule has 4 nitrogen and oxygen atoms in total. The topological polar surface area (TPSA) is 63.6 Å². The number of fused-ring (bicyclic) bond motifs is 5. The van der Waals surface area contributed by atoms with Crippen LogP contribution in [0.25, 0.3) is 0 Å². The van der Waals surface area contributed by atoms with E-state index in [1.54, 1.807) is 0 Å². The van der Waals surface area contributed by atoms with E-state index in [1.807, 2.05) is 0 Å². The van der Waals surface area contributed by atoms with Crippen molar-refractivity contribution in [2.75, 3.05) is 6.61 Å². The standard InChI is InChI=1S/C23H34O4/c1-14(24)27-13-21(26)20-7-6-18-17-5-4-15-12-16(25)8-10-22(15,2)19(17)9-11-23(18,20)3/h4,16-20,25H,5-13H2,1-3H3/t16-,17-,18?,19?,20+,22-,23-/m0/s1. The molecule has 0 aromatic heterocycles. The smallest absolute Gasteiger partial charge is 0.303 e. The Morgan fingerprint density at radius 3 is 2.67 bits per heavy atom. The maximum atomic E-state index is 12.8. The van der Waals surface area contributed by atoms with Crippen LogP contribution in [0, 0.1) is 34.5 Å². The Balaban J connectivity index is 1.55. The number of esters is 1. The minimum atomic E-state index is -0.371. The van der Waals surface area contributed by atoms with Gasteiger partial charge in [0.1, 0.15) is 6.61 Å². The summed E-state index contributed by atoms with van der Waals surface area (Å²) in [6.45, 7) is 6.06. The molecule has 7 atom stereocenters. The quantitative estimate of drug-likeness (QED) is 0.598. The van der Waals surface area contributed by atoms with Crippen molar-refractivity contribution in [3.63, 3.8) is 0 Å². The molecule has 0 heterocycles. The van der Waals surface area contributed by atoms with Gasteiger partial charge < -0.3 is 9.84 Å². The van der Waals surface area contributed by atoms with Crippen LogP contribution in [0.1, 0.15) is 72.1 Å². The lowest BCUT2D eigenvalue weighted by Gasteiger charge is -2.57. The van der Waals surface area contributed by atoms with E-state index < -0.39 is 0 Å². The van der Waals surface area contributed by atoms with E-state index in [-0.39, 0.29) is 41.2 Å². The highest BCUT2D eigenvalue weighted by Crippen LogP contribution is 2.66. The van der Waals surface area contributed by atoms with Gasteiger partial charge >= 0.3 is 5.97 Å². The summed E-state index contributed by atoms with van der Waals surface area (Å²) < 4.78 is 5.02. The third-order valence-electron chi connectivity index (χ3n) is 8.88. The lowest BCUT2D eigenvalue weighted by atomic mass is 9.47. The maximum Gasteiger partial charge on any atom is 0.303 e. The molecule has 27 heavy (non-hydrogen) atoms. The molecular formula is C23H34O4. The Morgan fingerprint density at radius 1 is 1.15 bits per heavy atom. The number of Topliss-reactive ketones (excluding diaryl/α,β-unsaturated/α-hetero) is 1. The fraction of sp³-hybridized carbons (Fsp3) is 0.826. The van der Waals surface area contributed by atoms with E-state index in [2.05, 4.69) is 19.9 Å². The first-order valence-electron chi connectivity index (χ1n) is 10.8. The molecule has 1 N–H and O–H groups in total. The van der Waals surface area contributed by atoms with Crippen LogP contribution >= 0.6 is 0 Å². The summed E-state index contributed by atoms with van der Waals surface area (Å²) in [5.41, 5.74) is 1.78. The van der Waals surface area contributed by atoms with Crippen LogP contribution in [0.4, 0.5) is 0 Å². The molecule has 4 heteroatoms. The monoisotopic (exact) mass is 374 g/mol. The Kier molecular flexibility index (Phi) is 4.77. The number of rotatable bonds is 3. The predicted octanol–water partition coefficient (Wildman–Crippen LogP) is 4.06. The van der Waals surface area contributed by atoms with E-state index in [0.717, 1.165) is 44.9 Å². The number of ether oxygens (including phenoxy) is 1. The van der Waals surface area contributed by atoms with Crippen molar-refractivity contribution in [1.29, 1.82) is 0 Å². The van der Waals surface area contributed by atoms with Gasteiger partial charge in [-0.15, -0.1) is 0 Å². The highest BCUT2D eigenvalue weighted by Gasteiger charge is 2.59. The molecule has 150 valence electrons. The molecule has 3 fully saturated rings. The largest absolute Gasteiger partial charge is 0.458 e. The number of hydrogen-bond donors (Lipinski definition) is 1. The van der Waals surface area contributed by atoms with E-state index >= 15 is 0 Å². The Labute approximate surface area is 162 Å². The first-order valence-corrected chi connectivity index (χ1v) is 10.8. The second-order valence-electron chi connectivity index (χ2n) is 10.1. The fourth-order valence-electron chi connectivity index (χ4n) is 7.44. The predicted molar refractivity (Wildman–Crippen MR) is 103 cm³/mol. The number of carbonyl (C=O) groups is 2. The summed E-state index contributed by atoms with van der Waals surface area (Å²) >= 11 is 0. The summed E-state index contributed by atoms with van der Waals surface area (Å²) in [6.07, 6.45) is 10.6. The second-order valence-corrected chi connectivity index (χ2v) is 10.1. The molecule has 2 unspecified atom stereocenters. The van der Waals surface area contributed by atoms with Crippen molar-refractivity contribution in [1.82, 2.24) is 0 Å². The van der Waals surface area contributed by atoms with Gasteiger partial charge in [0.05, 0.1) is 6.10 Å². The zero-order valence-electron chi connectivity index (χ0n) is 17.0. The van der Waals surface area contributed by atoms with Gasteiger partial charge in [0, 0.05) is 12.8 Å². The average Bonchev–Trinajstić information content (AvgIpc) is 2.97. The summed E-state index contributed by atoms with van der Waals surface area (Å²) in [4.78, 5) is 23.9. The van der Waals surface area contributed by atoms with Gasteiger partial charge in [0.25, 0.3) is 0 Å². The van der Waals surface area contributed by atoms with Crippen molar-refractivity contribution in [3.05, 3.63) is 11.6 Å². The molecule has 0 aromatic carbocycles. The van der Waals surface area contributed by atoms with Gasteiger partial charge in [-0.25, -0.2) is 0 Å². The normalized spacial score (nSPS) is 45.9. The Morgan fingerprint density at radius 2 is 1.93 bits per heavy atom. The van der Waals surface area contributed by atoms with Crippen LogP contribution in [0.15, 0.2) is 11.6 Å². The number of ketones is 1. The lowest BCUT2D eigenvalue weighted by Crippen LogP contribution is -2.51. The number of aliphatic hydroxyl groups excluding tert-OH is 1. The summed E-state index contributed by atoms with van der Waals surface area (Å²) in [7, 11) is 0. The molecule has 0 aromatic rings. The van der Waals surface area contributed by atoms with Gasteiger partial charge in [0.15, 0.2) is 5.78 Å². The molecule has 3 saturated carbocycles. The zero-order valence-corrected chi connectivity index (χ0v) is 17.0. The SMILES string of the molecule is CC(=O)OCC(=O)[C@H]1CCC2[C@@H]3CC=C4C[C@@H](O)CC[C@]4(C)C3CC[C@@]21C. The summed E-state index contributed by atoms with van der Waals surface area (Å²) in [6, 6.07) is 0. The van der Waals surface area contributed by atoms with Crippen molar-refractivity contribution in [2.24, 2.45) is 34.5 Å². The lowest BCUT2D eigenvalue weighted by molar-refractivity contribution is -0.149. The van der Waals surface area contributed by atoms with Crippen LogP contribution in [0.5, 0.6) is 0 Å². The van der Waals surface area contributed by atoms with E-state index in [4.69, 9.17) is 4.74 Å². The molecule has 0 radical (unpaired) electrons. The molecule has 0 aliphatic heterocycles. The van der Waals surface area contributed by atoms with Crippen molar-refractivity contribution < 1.29 is 19.4 Å². The molecule has 4 aliphatic carbocycles. The van der Waals surface area contributed by atoms with Gasteiger partial charge in [0.2, 0.25) is 0 Å². The first-order chi connectivity index (χ1) is 12.8. The third kappa shape index (κ3) is 2.99. The van der Waals surface area contributed by atoms with E-state index in [1.165, 1.54) is 18.9 Å². The van der Waals surface area contributed by atoms with Crippen molar-refractivity contribution >= 4 is 11.8 Å². The van der Waals surface area contributed by atoms with Gasteiger partial charge in [-0.05, 0) is 80.0 Å².